The molecule has 3 aromatic rings. The number of nitrogens with zero attached hydrogens (tertiary/aromatic N) is 3. The molecular formula is C23H26N4O3. The molecule has 7 nitrogen and oxygen atoms in total. The SMILES string of the molecule is Cc1ccc(Cn2cc3c(n2)-c2c(oc(C(=O)NC[C@@H]4CCCO4)c2C)CC3)cn1. The molecule has 0 saturated carbocycles. The van der Waals surface area contributed by atoms with Crippen LogP contribution in [0.5, 0.6) is 0 Å². The number of amides is 1. The Morgan fingerprint density at radius 2 is 2.20 bits per heavy atom. The average Bonchev–Trinajstić information content (AvgIpc) is 3.46. The van der Waals surface area contributed by atoms with E-state index in [1.54, 1.807) is 0 Å². The summed E-state index contributed by atoms with van der Waals surface area (Å²) in [5.41, 5.74) is 6.06. The first-order valence-electron chi connectivity index (χ1n) is 10.6. The van der Waals surface area contributed by atoms with Gasteiger partial charge in [-0.05, 0) is 50.3 Å². The molecule has 1 fully saturated rings. The Morgan fingerprint density at radius 3 is 2.97 bits per heavy atom. The number of hydrogen-bond donors (Lipinski definition) is 1. The van der Waals surface area contributed by atoms with E-state index in [0.717, 1.165) is 66.1 Å². The lowest BCUT2D eigenvalue weighted by molar-refractivity contribution is 0.0833. The number of aromatic nitrogens is 3. The predicted molar refractivity (Wildman–Crippen MR) is 111 cm³/mol. The molecule has 1 saturated heterocycles. The molecule has 1 aliphatic heterocycles. The number of carbonyl (C=O) groups is 1. The van der Waals surface area contributed by atoms with E-state index in [-0.39, 0.29) is 12.0 Å². The number of nitrogens with one attached hydrogen (secondary N) is 1. The van der Waals surface area contributed by atoms with Crippen molar-refractivity contribution in [3.05, 3.63) is 58.4 Å². The zero-order chi connectivity index (χ0) is 20.7. The van der Waals surface area contributed by atoms with Crippen LogP contribution in [0.4, 0.5) is 0 Å². The largest absolute Gasteiger partial charge is 0.455 e. The van der Waals surface area contributed by atoms with Crippen molar-refractivity contribution in [2.24, 2.45) is 0 Å². The van der Waals surface area contributed by atoms with Gasteiger partial charge in [-0.3, -0.25) is 14.5 Å². The highest BCUT2D eigenvalue weighted by Gasteiger charge is 2.30. The molecule has 3 aromatic heterocycles. The topological polar surface area (TPSA) is 82.2 Å². The van der Waals surface area contributed by atoms with E-state index < -0.39 is 0 Å². The third-order valence-electron chi connectivity index (χ3n) is 5.95. The van der Waals surface area contributed by atoms with E-state index in [1.165, 1.54) is 5.56 Å². The standard InChI is InChI=1S/C23H26N4O3/c1-14-5-6-16(10-24-14)12-27-13-17-7-8-19-20(21(17)26-27)15(2)22(30-19)23(28)25-11-18-4-3-9-29-18/h5-6,10,13,18H,3-4,7-9,11-12H2,1-2H3,(H,25,28)/t18-/m0/s1. The zero-order valence-corrected chi connectivity index (χ0v) is 17.4. The Kier molecular flexibility index (Phi) is 4.90. The Hall–Kier alpha value is -2.93. The molecule has 1 amide bonds. The maximum atomic E-state index is 12.7. The van der Waals surface area contributed by atoms with Crippen molar-refractivity contribution in [2.75, 3.05) is 13.2 Å². The number of fused-ring (bicyclic) bond motifs is 3. The van der Waals surface area contributed by atoms with Gasteiger partial charge in [0.1, 0.15) is 5.76 Å². The summed E-state index contributed by atoms with van der Waals surface area (Å²) in [6.45, 7) is 5.89. The molecule has 7 heteroatoms. The Morgan fingerprint density at radius 1 is 1.30 bits per heavy atom. The van der Waals surface area contributed by atoms with Gasteiger partial charge in [0.05, 0.1) is 18.3 Å². The summed E-state index contributed by atoms with van der Waals surface area (Å²) in [5, 5.41) is 7.80. The van der Waals surface area contributed by atoms with Gasteiger partial charge in [-0.25, -0.2) is 0 Å². The molecule has 0 bridgehead atoms. The van der Waals surface area contributed by atoms with Crippen molar-refractivity contribution in [3.63, 3.8) is 0 Å². The number of hydrogen-bond acceptors (Lipinski definition) is 5. The molecule has 0 unspecified atom stereocenters. The Bertz CT molecular complexity index is 1070. The molecule has 1 N–H and O–H groups in total. The zero-order valence-electron chi connectivity index (χ0n) is 17.4. The summed E-state index contributed by atoms with van der Waals surface area (Å²) in [7, 11) is 0. The summed E-state index contributed by atoms with van der Waals surface area (Å²) in [5.74, 6) is 1.07. The predicted octanol–water partition coefficient (Wildman–Crippen LogP) is 3.21. The maximum Gasteiger partial charge on any atom is 0.287 e. The fourth-order valence-corrected chi connectivity index (χ4v) is 4.33. The Balaban J connectivity index is 1.37. The van der Waals surface area contributed by atoms with Gasteiger partial charge in [-0.2, -0.15) is 5.10 Å². The summed E-state index contributed by atoms with van der Waals surface area (Å²) in [6, 6.07) is 4.09. The van der Waals surface area contributed by atoms with Crippen LogP contribution in [0.3, 0.4) is 0 Å². The number of furan rings is 1. The highest BCUT2D eigenvalue weighted by atomic mass is 16.5. The second-order valence-electron chi connectivity index (χ2n) is 8.21. The van der Waals surface area contributed by atoms with Crippen LogP contribution in [0.25, 0.3) is 11.3 Å². The van der Waals surface area contributed by atoms with Gasteiger partial charge in [-0.1, -0.05) is 6.07 Å². The smallest absolute Gasteiger partial charge is 0.287 e. The van der Waals surface area contributed by atoms with E-state index >= 15 is 0 Å². The molecule has 0 radical (unpaired) electrons. The number of carbonyl (C=O) groups excluding carboxylic acids is 1. The fraction of sp³-hybridized carbons (Fsp3) is 0.435. The highest BCUT2D eigenvalue weighted by Crippen LogP contribution is 2.38. The van der Waals surface area contributed by atoms with Crippen LogP contribution < -0.4 is 5.32 Å². The van der Waals surface area contributed by atoms with Crippen molar-refractivity contribution in [1.29, 1.82) is 0 Å². The second-order valence-corrected chi connectivity index (χ2v) is 8.21. The van der Waals surface area contributed by atoms with Gasteiger partial charge in [-0.15, -0.1) is 0 Å². The average molecular weight is 406 g/mol. The molecule has 0 aromatic carbocycles. The molecule has 4 heterocycles. The van der Waals surface area contributed by atoms with Crippen LogP contribution in [0.15, 0.2) is 28.9 Å². The minimum atomic E-state index is -0.177. The van der Waals surface area contributed by atoms with E-state index in [1.807, 2.05) is 30.8 Å². The van der Waals surface area contributed by atoms with Crippen LogP contribution in [0, 0.1) is 13.8 Å². The van der Waals surface area contributed by atoms with Gasteiger partial charge >= 0.3 is 0 Å². The minimum Gasteiger partial charge on any atom is -0.455 e. The lowest BCUT2D eigenvalue weighted by Gasteiger charge is -2.10. The first-order chi connectivity index (χ1) is 14.6. The third-order valence-corrected chi connectivity index (χ3v) is 5.95. The summed E-state index contributed by atoms with van der Waals surface area (Å²) in [6.07, 6.45) is 7.78. The molecule has 0 spiro atoms. The first-order valence-corrected chi connectivity index (χ1v) is 10.6. The second kappa shape index (κ2) is 7.72. The van der Waals surface area contributed by atoms with Crippen molar-refractivity contribution in [2.45, 2.75) is 52.2 Å². The van der Waals surface area contributed by atoms with Crippen molar-refractivity contribution < 1.29 is 13.9 Å². The molecule has 30 heavy (non-hydrogen) atoms. The van der Waals surface area contributed by atoms with Gasteiger partial charge in [0, 0.05) is 48.8 Å². The van der Waals surface area contributed by atoms with Crippen LogP contribution in [-0.4, -0.2) is 39.9 Å². The molecule has 1 atom stereocenters. The monoisotopic (exact) mass is 406 g/mol. The van der Waals surface area contributed by atoms with Gasteiger partial charge in [0.2, 0.25) is 0 Å². The lowest BCUT2D eigenvalue weighted by atomic mass is 9.93. The van der Waals surface area contributed by atoms with Gasteiger partial charge < -0.3 is 14.5 Å². The quantitative estimate of drug-likeness (QED) is 0.704. The normalized spacial score (nSPS) is 17.6. The van der Waals surface area contributed by atoms with E-state index in [9.17, 15) is 4.79 Å². The van der Waals surface area contributed by atoms with Crippen LogP contribution in [0.1, 0.15) is 51.5 Å². The summed E-state index contributed by atoms with van der Waals surface area (Å²) >= 11 is 0. The summed E-state index contributed by atoms with van der Waals surface area (Å²) in [4.78, 5) is 17.1. The third kappa shape index (κ3) is 3.54. The maximum absolute atomic E-state index is 12.7. The van der Waals surface area contributed by atoms with Crippen LogP contribution >= 0.6 is 0 Å². The number of ether oxygens (including phenoxy) is 1. The van der Waals surface area contributed by atoms with Gasteiger partial charge in [0.25, 0.3) is 5.91 Å². The number of aryl methyl sites for hydroxylation is 3. The van der Waals surface area contributed by atoms with Gasteiger partial charge in [0.15, 0.2) is 5.76 Å². The van der Waals surface area contributed by atoms with Crippen molar-refractivity contribution in [3.8, 4) is 11.3 Å². The number of rotatable bonds is 5. The van der Waals surface area contributed by atoms with E-state index in [2.05, 4.69) is 22.6 Å². The Labute approximate surface area is 175 Å². The van der Waals surface area contributed by atoms with E-state index in [0.29, 0.717) is 18.8 Å². The minimum absolute atomic E-state index is 0.109. The highest BCUT2D eigenvalue weighted by molar-refractivity contribution is 5.95. The number of pyridine rings is 1. The molecule has 2 aliphatic rings. The lowest BCUT2D eigenvalue weighted by Crippen LogP contribution is -2.31. The van der Waals surface area contributed by atoms with Crippen LogP contribution in [0.2, 0.25) is 0 Å². The fourth-order valence-electron chi connectivity index (χ4n) is 4.33. The molecule has 156 valence electrons. The molecule has 5 rings (SSSR count). The van der Waals surface area contributed by atoms with Crippen LogP contribution in [-0.2, 0) is 24.1 Å². The summed E-state index contributed by atoms with van der Waals surface area (Å²) < 4.78 is 13.5. The van der Waals surface area contributed by atoms with Crippen molar-refractivity contribution >= 4 is 5.91 Å². The molecule has 1 aliphatic carbocycles. The van der Waals surface area contributed by atoms with E-state index in [4.69, 9.17) is 14.3 Å². The first kappa shape index (κ1) is 19.1. The molecular weight excluding hydrogens is 380 g/mol. The van der Waals surface area contributed by atoms with Crippen molar-refractivity contribution in [1.82, 2.24) is 20.1 Å².